The molecule has 0 saturated carbocycles. The fourth-order valence-corrected chi connectivity index (χ4v) is 5.65. The molecule has 0 saturated heterocycles. The second-order valence-corrected chi connectivity index (χ2v) is 11.7. The molecule has 1 rings (SSSR count). The van der Waals surface area contributed by atoms with Gasteiger partial charge in [-0.3, -0.25) is 0 Å². The molecular weight excluding hydrogens is 516 g/mol. The average molecular weight is 575 g/mol. The van der Waals surface area contributed by atoms with E-state index in [1.54, 1.807) is 0 Å². The van der Waals surface area contributed by atoms with E-state index in [4.69, 9.17) is 4.74 Å². The van der Waals surface area contributed by atoms with Gasteiger partial charge >= 0.3 is 17.9 Å². The molecule has 0 amide bonds. The summed E-state index contributed by atoms with van der Waals surface area (Å²) in [4.78, 5) is 35.2. The number of carbonyl (C=O) groups is 3. The SMILES string of the molecule is CCCCCCCCC(CCCCCCCC)CCCCCCCCCOC(=O)c1cccc(C(=O)O)c1C(=O)O. The van der Waals surface area contributed by atoms with Crippen LogP contribution in [0.15, 0.2) is 18.2 Å². The molecule has 0 fully saturated rings. The molecule has 0 atom stereocenters. The van der Waals surface area contributed by atoms with E-state index in [-0.39, 0.29) is 12.2 Å². The maximum absolute atomic E-state index is 12.4. The van der Waals surface area contributed by atoms with Crippen LogP contribution in [0.2, 0.25) is 0 Å². The minimum atomic E-state index is -1.45. The first-order valence-corrected chi connectivity index (χ1v) is 16.7. The monoisotopic (exact) mass is 574 g/mol. The smallest absolute Gasteiger partial charge is 0.339 e. The zero-order chi connectivity index (χ0) is 30.1. The Morgan fingerprint density at radius 1 is 0.585 bits per heavy atom. The predicted octanol–water partition coefficient (Wildman–Crippen LogP) is 10.5. The molecule has 0 aliphatic heterocycles. The predicted molar refractivity (Wildman–Crippen MR) is 167 cm³/mol. The van der Waals surface area contributed by atoms with E-state index in [2.05, 4.69) is 13.8 Å². The van der Waals surface area contributed by atoms with Crippen LogP contribution in [0.5, 0.6) is 0 Å². The van der Waals surface area contributed by atoms with Crippen molar-refractivity contribution in [1.82, 2.24) is 0 Å². The summed E-state index contributed by atoms with van der Waals surface area (Å²) < 4.78 is 5.25. The van der Waals surface area contributed by atoms with Crippen LogP contribution < -0.4 is 0 Å². The molecular formula is C35H58O6. The summed E-state index contributed by atoms with van der Waals surface area (Å²) in [5.41, 5.74) is -1.15. The number of hydrogen-bond acceptors (Lipinski definition) is 4. The van der Waals surface area contributed by atoms with Gasteiger partial charge in [-0.05, 0) is 24.5 Å². The van der Waals surface area contributed by atoms with Crippen molar-refractivity contribution in [3.8, 4) is 0 Å². The Hall–Kier alpha value is -2.37. The summed E-state index contributed by atoms with van der Waals surface area (Å²) >= 11 is 0. The fraction of sp³-hybridized carbons (Fsp3) is 0.743. The first-order valence-electron chi connectivity index (χ1n) is 16.7. The lowest BCUT2D eigenvalue weighted by Gasteiger charge is -2.17. The standard InChI is InChI=1S/C35H58O6/c1-3-5-7-9-14-18-23-29(24-19-15-10-8-6-4-2)25-20-16-12-11-13-17-21-28-41-35(40)31-27-22-26-30(33(36)37)32(31)34(38)39/h22,26-27,29H,3-21,23-25,28H2,1-2H3,(H,36,37)(H,38,39). The second kappa shape index (κ2) is 24.2. The molecule has 234 valence electrons. The summed E-state index contributed by atoms with van der Waals surface area (Å²) in [6, 6.07) is 3.83. The first-order chi connectivity index (χ1) is 19.9. The van der Waals surface area contributed by atoms with Gasteiger partial charge in [-0.1, -0.05) is 155 Å². The van der Waals surface area contributed by atoms with Crippen molar-refractivity contribution >= 4 is 17.9 Å². The van der Waals surface area contributed by atoms with Crippen LogP contribution in [-0.2, 0) is 4.74 Å². The molecule has 1 aromatic rings. The van der Waals surface area contributed by atoms with Gasteiger partial charge in [0.25, 0.3) is 0 Å². The lowest BCUT2D eigenvalue weighted by Crippen LogP contribution is -2.16. The maximum atomic E-state index is 12.4. The van der Waals surface area contributed by atoms with Crippen LogP contribution in [0.3, 0.4) is 0 Å². The van der Waals surface area contributed by atoms with E-state index in [0.717, 1.165) is 18.8 Å². The molecule has 0 bridgehead atoms. The molecule has 6 heteroatoms. The zero-order valence-corrected chi connectivity index (χ0v) is 26.1. The molecule has 41 heavy (non-hydrogen) atoms. The van der Waals surface area contributed by atoms with Crippen molar-refractivity contribution in [2.45, 2.75) is 155 Å². The molecule has 0 aliphatic carbocycles. The van der Waals surface area contributed by atoms with Gasteiger partial charge in [-0.25, -0.2) is 14.4 Å². The molecule has 6 nitrogen and oxygen atoms in total. The number of hydrogen-bond donors (Lipinski definition) is 2. The zero-order valence-electron chi connectivity index (χ0n) is 26.1. The summed E-state index contributed by atoms with van der Waals surface area (Å²) in [6.07, 6.45) is 28.6. The van der Waals surface area contributed by atoms with E-state index >= 15 is 0 Å². The Morgan fingerprint density at radius 3 is 1.44 bits per heavy atom. The molecule has 2 N–H and O–H groups in total. The number of unbranched alkanes of at least 4 members (excludes halogenated alkanes) is 16. The Bertz CT molecular complexity index is 833. The highest BCUT2D eigenvalue weighted by Gasteiger charge is 2.24. The van der Waals surface area contributed by atoms with E-state index in [1.807, 2.05) is 0 Å². The number of carboxylic acids is 2. The van der Waals surface area contributed by atoms with Crippen molar-refractivity contribution in [1.29, 1.82) is 0 Å². The van der Waals surface area contributed by atoms with Crippen molar-refractivity contribution in [2.24, 2.45) is 5.92 Å². The minimum absolute atomic E-state index is 0.202. The maximum Gasteiger partial charge on any atom is 0.339 e. The number of rotatable bonds is 27. The molecule has 0 aliphatic rings. The number of aromatic carboxylic acids is 2. The van der Waals surface area contributed by atoms with Crippen LogP contribution >= 0.6 is 0 Å². The highest BCUT2D eigenvalue weighted by Crippen LogP contribution is 2.25. The highest BCUT2D eigenvalue weighted by molar-refractivity contribution is 6.09. The molecule has 0 radical (unpaired) electrons. The summed E-state index contributed by atoms with van der Waals surface area (Å²) in [5, 5.41) is 18.6. The van der Waals surface area contributed by atoms with Gasteiger partial charge in [0.15, 0.2) is 0 Å². The Morgan fingerprint density at radius 2 is 1.00 bits per heavy atom. The number of benzene rings is 1. The number of carbonyl (C=O) groups excluding carboxylic acids is 1. The van der Waals surface area contributed by atoms with Crippen LogP contribution in [0, 0.1) is 5.92 Å². The van der Waals surface area contributed by atoms with E-state index in [1.165, 1.54) is 140 Å². The van der Waals surface area contributed by atoms with Crippen molar-refractivity contribution in [3.63, 3.8) is 0 Å². The lowest BCUT2D eigenvalue weighted by molar-refractivity contribution is 0.0487. The summed E-state index contributed by atoms with van der Waals surface area (Å²) in [5.74, 6) is -2.73. The topological polar surface area (TPSA) is 101 Å². The van der Waals surface area contributed by atoms with Gasteiger partial charge in [0.2, 0.25) is 0 Å². The molecule has 0 spiro atoms. The van der Waals surface area contributed by atoms with Gasteiger partial charge < -0.3 is 14.9 Å². The highest BCUT2D eigenvalue weighted by atomic mass is 16.5. The van der Waals surface area contributed by atoms with E-state index in [9.17, 15) is 24.6 Å². The van der Waals surface area contributed by atoms with Crippen LogP contribution in [0.1, 0.15) is 186 Å². The first kappa shape index (κ1) is 36.7. The van der Waals surface area contributed by atoms with E-state index in [0.29, 0.717) is 6.42 Å². The van der Waals surface area contributed by atoms with Crippen LogP contribution in [0.4, 0.5) is 0 Å². The lowest BCUT2D eigenvalue weighted by atomic mass is 9.89. The van der Waals surface area contributed by atoms with Gasteiger partial charge in [-0.2, -0.15) is 0 Å². The van der Waals surface area contributed by atoms with Crippen molar-refractivity contribution in [3.05, 3.63) is 34.9 Å². The van der Waals surface area contributed by atoms with Crippen LogP contribution in [0.25, 0.3) is 0 Å². The Labute approximate surface area is 249 Å². The van der Waals surface area contributed by atoms with Crippen molar-refractivity contribution in [2.75, 3.05) is 6.61 Å². The summed E-state index contributed by atoms with van der Waals surface area (Å²) in [6.45, 7) is 4.76. The Balaban J connectivity index is 2.22. The molecule has 0 unspecified atom stereocenters. The molecule has 0 aromatic heterocycles. The third-order valence-electron chi connectivity index (χ3n) is 8.15. The Kier molecular flexibility index (Phi) is 21.7. The van der Waals surface area contributed by atoms with Gasteiger partial charge in [0, 0.05) is 0 Å². The largest absolute Gasteiger partial charge is 0.478 e. The second-order valence-electron chi connectivity index (χ2n) is 11.7. The normalized spacial score (nSPS) is 11.2. The van der Waals surface area contributed by atoms with Gasteiger partial charge in [-0.15, -0.1) is 0 Å². The number of ether oxygens (including phenoxy) is 1. The number of esters is 1. The average Bonchev–Trinajstić information content (AvgIpc) is 2.96. The third-order valence-corrected chi connectivity index (χ3v) is 8.15. The van der Waals surface area contributed by atoms with Crippen molar-refractivity contribution < 1.29 is 29.3 Å². The summed E-state index contributed by atoms with van der Waals surface area (Å²) in [7, 11) is 0. The van der Waals surface area contributed by atoms with Crippen LogP contribution in [-0.4, -0.2) is 34.7 Å². The quantitative estimate of drug-likeness (QED) is 0.0800. The molecule has 1 aromatic carbocycles. The fourth-order valence-electron chi connectivity index (χ4n) is 5.65. The van der Waals surface area contributed by atoms with E-state index < -0.39 is 29.0 Å². The van der Waals surface area contributed by atoms with Gasteiger partial charge in [0.1, 0.15) is 0 Å². The minimum Gasteiger partial charge on any atom is -0.478 e. The number of carboxylic acid groups (broad SMARTS) is 2. The third kappa shape index (κ3) is 17.2. The van der Waals surface area contributed by atoms with Gasteiger partial charge in [0.05, 0.1) is 23.3 Å². The molecule has 0 heterocycles.